The zero-order valence-corrected chi connectivity index (χ0v) is 43.3. The fourth-order valence-corrected chi connectivity index (χ4v) is 7.72. The van der Waals surface area contributed by atoms with Gasteiger partial charge in [-0.1, -0.05) is 215 Å². The second-order valence-corrected chi connectivity index (χ2v) is 19.1. The number of aliphatic carboxylic acids is 1. The molecule has 0 rings (SSSR count). The van der Waals surface area contributed by atoms with E-state index in [9.17, 15) is 19.5 Å². The molecule has 0 aromatic heterocycles. The highest BCUT2D eigenvalue weighted by Gasteiger charge is 2.25. The molecule has 0 radical (unpaired) electrons. The van der Waals surface area contributed by atoms with Crippen molar-refractivity contribution in [3.63, 3.8) is 0 Å². The number of carboxylic acids is 1. The lowest BCUT2D eigenvalue weighted by Gasteiger charge is -2.34. The SMILES string of the molecule is CC/C=C/C/C=C/C/C=C/C/C=C/C/C=C/C/C=C/CCCCC(=O)OC(COCCC(C(=O)[O-])[N+](C)(C)C)COC(=O)CCCCCCCCCCCCCCCCCCCCCCC. The molecule has 380 valence electrons. The summed E-state index contributed by atoms with van der Waals surface area (Å²) in [4.78, 5) is 37.1. The highest BCUT2D eigenvalue weighted by atomic mass is 16.6. The third-order valence-electron chi connectivity index (χ3n) is 11.9. The van der Waals surface area contributed by atoms with Crippen molar-refractivity contribution in [3.8, 4) is 0 Å². The van der Waals surface area contributed by atoms with Crippen molar-refractivity contribution in [2.45, 2.75) is 238 Å². The molecule has 8 heteroatoms. The molecule has 0 spiro atoms. The normalized spacial score (nSPS) is 13.4. The first-order valence-corrected chi connectivity index (χ1v) is 27.0. The highest BCUT2D eigenvalue weighted by molar-refractivity contribution is 5.70. The van der Waals surface area contributed by atoms with Crippen LogP contribution in [0.4, 0.5) is 0 Å². The predicted molar refractivity (Wildman–Crippen MR) is 277 cm³/mol. The molecule has 0 aliphatic rings. The number of nitrogens with zero attached hydrogens (tertiary/aromatic N) is 1. The second-order valence-electron chi connectivity index (χ2n) is 19.1. The van der Waals surface area contributed by atoms with E-state index >= 15 is 0 Å². The molecule has 8 nitrogen and oxygen atoms in total. The van der Waals surface area contributed by atoms with Crippen molar-refractivity contribution in [1.82, 2.24) is 0 Å². The van der Waals surface area contributed by atoms with Crippen molar-refractivity contribution < 1.29 is 38.2 Å². The van der Waals surface area contributed by atoms with Crippen LogP contribution in [0.3, 0.4) is 0 Å². The molecule has 2 unspecified atom stereocenters. The Morgan fingerprint density at radius 1 is 0.470 bits per heavy atom. The number of ether oxygens (including phenoxy) is 3. The van der Waals surface area contributed by atoms with Crippen LogP contribution in [0.25, 0.3) is 0 Å². The number of carboxylic acid groups (broad SMARTS) is 1. The number of hydrogen-bond acceptors (Lipinski definition) is 7. The number of allylic oxidation sites excluding steroid dienone is 12. The van der Waals surface area contributed by atoms with Gasteiger partial charge in [-0.15, -0.1) is 0 Å². The van der Waals surface area contributed by atoms with Crippen LogP contribution in [0.5, 0.6) is 0 Å². The number of unbranched alkanes of at least 4 members (excludes halogenated alkanes) is 22. The van der Waals surface area contributed by atoms with Gasteiger partial charge in [0.2, 0.25) is 0 Å². The molecule has 0 aromatic carbocycles. The van der Waals surface area contributed by atoms with Crippen LogP contribution in [-0.4, -0.2) is 75.5 Å². The van der Waals surface area contributed by atoms with E-state index in [-0.39, 0.29) is 49.1 Å². The van der Waals surface area contributed by atoms with Crippen molar-refractivity contribution in [1.29, 1.82) is 0 Å². The summed E-state index contributed by atoms with van der Waals surface area (Å²) < 4.78 is 17.2. The zero-order valence-electron chi connectivity index (χ0n) is 43.3. The summed E-state index contributed by atoms with van der Waals surface area (Å²) in [6, 6.07) is -0.737. The average molecular weight is 924 g/mol. The molecular weight excluding hydrogens is 823 g/mol. The summed E-state index contributed by atoms with van der Waals surface area (Å²) >= 11 is 0. The van der Waals surface area contributed by atoms with Gasteiger partial charge in [-0.3, -0.25) is 9.59 Å². The maximum absolute atomic E-state index is 12.8. The average Bonchev–Trinajstić information content (AvgIpc) is 3.28. The Hall–Kier alpha value is -3.23. The van der Waals surface area contributed by atoms with Gasteiger partial charge < -0.3 is 28.6 Å². The number of esters is 2. The highest BCUT2D eigenvalue weighted by Crippen LogP contribution is 2.16. The van der Waals surface area contributed by atoms with Crippen LogP contribution in [0.2, 0.25) is 0 Å². The Labute approximate surface area is 406 Å². The van der Waals surface area contributed by atoms with E-state index in [4.69, 9.17) is 14.2 Å². The van der Waals surface area contributed by atoms with E-state index in [0.717, 1.165) is 70.6 Å². The number of likely N-dealkylation sites (N-methyl/N-ethyl adjacent to an activating group) is 1. The van der Waals surface area contributed by atoms with Gasteiger partial charge in [0.15, 0.2) is 6.10 Å². The van der Waals surface area contributed by atoms with E-state index in [0.29, 0.717) is 12.8 Å². The summed E-state index contributed by atoms with van der Waals surface area (Å²) in [5, 5.41) is 11.7. The van der Waals surface area contributed by atoms with Crippen molar-refractivity contribution in [3.05, 3.63) is 72.9 Å². The monoisotopic (exact) mass is 924 g/mol. The van der Waals surface area contributed by atoms with Gasteiger partial charge in [0.25, 0.3) is 0 Å². The molecule has 0 aromatic rings. The molecule has 0 fully saturated rings. The summed E-state index contributed by atoms with van der Waals surface area (Å²) in [6.07, 6.45) is 62.3. The smallest absolute Gasteiger partial charge is 0.306 e. The maximum Gasteiger partial charge on any atom is 0.306 e. The molecule has 66 heavy (non-hydrogen) atoms. The fraction of sp³-hybridized carbons (Fsp3) is 0.741. The van der Waals surface area contributed by atoms with Gasteiger partial charge in [0, 0.05) is 19.3 Å². The summed E-state index contributed by atoms with van der Waals surface area (Å²) in [7, 11) is 5.40. The van der Waals surface area contributed by atoms with E-state index < -0.39 is 18.1 Å². The van der Waals surface area contributed by atoms with Gasteiger partial charge in [0.05, 0.1) is 40.3 Å². The van der Waals surface area contributed by atoms with Gasteiger partial charge in [0.1, 0.15) is 12.6 Å². The number of hydrogen-bond donors (Lipinski definition) is 0. The zero-order chi connectivity index (χ0) is 48.4. The Balaban J connectivity index is 4.29. The molecule has 2 atom stereocenters. The van der Waals surface area contributed by atoms with E-state index in [2.05, 4.69) is 86.8 Å². The van der Waals surface area contributed by atoms with Crippen LogP contribution in [0.1, 0.15) is 226 Å². The Morgan fingerprint density at radius 3 is 1.26 bits per heavy atom. The lowest BCUT2D eigenvalue weighted by atomic mass is 10.0. The third kappa shape index (κ3) is 45.9. The summed E-state index contributed by atoms with van der Waals surface area (Å²) in [5.41, 5.74) is 0. The molecule has 0 saturated carbocycles. The standard InChI is InChI=1S/C58H101NO7/c1-6-8-10-12-14-16-18-20-22-24-26-28-30-32-34-36-38-40-42-44-46-48-56(60)65-53-54(52-64-51-50-55(58(62)63)59(3,4)5)66-57(61)49-47-45-43-41-39-37-35-33-31-29-27-25-23-21-19-17-15-13-11-9-7-2/h9,11,15,17,21,23,27,29,33,35,39,41,54-55H,6-8,10,12-14,16,18-20,22,24-26,28,30-32,34,36-38,40,42-53H2,1-5H3/b11-9+,17-15+,23-21+,29-27+,35-33+,41-39+. The third-order valence-corrected chi connectivity index (χ3v) is 11.9. The molecule has 0 aliphatic heterocycles. The number of carbonyl (C=O) groups excluding carboxylic acids is 3. The first kappa shape index (κ1) is 62.8. The molecule has 0 aliphatic carbocycles. The largest absolute Gasteiger partial charge is 0.544 e. The van der Waals surface area contributed by atoms with Crippen LogP contribution in [0, 0.1) is 0 Å². The molecule has 0 amide bonds. The van der Waals surface area contributed by atoms with Gasteiger partial charge in [-0.2, -0.15) is 0 Å². The molecule has 0 heterocycles. The minimum atomic E-state index is -1.13. The molecule has 0 N–H and O–H groups in total. The quantitative estimate of drug-likeness (QED) is 0.0259. The van der Waals surface area contributed by atoms with Crippen LogP contribution in [-0.2, 0) is 28.6 Å². The van der Waals surface area contributed by atoms with Gasteiger partial charge >= 0.3 is 11.9 Å². The number of carbonyl (C=O) groups is 3. The first-order chi connectivity index (χ1) is 32.1. The van der Waals surface area contributed by atoms with Crippen molar-refractivity contribution in [2.24, 2.45) is 0 Å². The lowest BCUT2D eigenvalue weighted by molar-refractivity contribution is -0.889. The second kappa shape index (κ2) is 48.2. The van der Waals surface area contributed by atoms with Crippen molar-refractivity contribution >= 4 is 17.9 Å². The molecule has 0 bridgehead atoms. The Morgan fingerprint density at radius 2 is 0.848 bits per heavy atom. The Bertz CT molecular complexity index is 1310. The van der Waals surface area contributed by atoms with Crippen LogP contribution < -0.4 is 5.11 Å². The minimum absolute atomic E-state index is 0.0217. The maximum atomic E-state index is 12.8. The van der Waals surface area contributed by atoms with E-state index in [1.54, 1.807) is 21.1 Å². The van der Waals surface area contributed by atoms with E-state index in [1.165, 1.54) is 116 Å². The summed E-state index contributed by atoms with van der Waals surface area (Å²) in [6.45, 7) is 4.53. The molecular formula is C58H101NO7. The topological polar surface area (TPSA) is 102 Å². The van der Waals surface area contributed by atoms with Crippen LogP contribution in [0.15, 0.2) is 72.9 Å². The predicted octanol–water partition coefficient (Wildman–Crippen LogP) is 14.5. The first-order valence-electron chi connectivity index (χ1n) is 27.0. The van der Waals surface area contributed by atoms with Gasteiger partial charge in [-0.05, 0) is 64.2 Å². The lowest BCUT2D eigenvalue weighted by Crippen LogP contribution is -2.55. The minimum Gasteiger partial charge on any atom is -0.544 e. The number of quaternary nitrogens is 1. The molecule has 0 saturated heterocycles. The van der Waals surface area contributed by atoms with E-state index in [1.807, 2.05) is 0 Å². The van der Waals surface area contributed by atoms with Gasteiger partial charge in [-0.25, -0.2) is 0 Å². The fourth-order valence-electron chi connectivity index (χ4n) is 7.72. The Kier molecular flexibility index (Phi) is 45.9. The number of rotatable bonds is 48. The summed E-state index contributed by atoms with van der Waals surface area (Å²) in [5.74, 6) is -1.79. The van der Waals surface area contributed by atoms with Crippen LogP contribution >= 0.6 is 0 Å². The van der Waals surface area contributed by atoms with Crippen molar-refractivity contribution in [2.75, 3.05) is 41.0 Å².